The Kier molecular flexibility index (Phi) is 2.99. The van der Waals surface area contributed by atoms with Crippen LogP contribution in [0, 0.1) is 11.8 Å². The Bertz CT molecular complexity index is 332. The Balaban J connectivity index is 2.15. The summed E-state index contributed by atoms with van der Waals surface area (Å²) in [6.07, 6.45) is 3.95. The number of para-hydroxylation sites is 1. The van der Waals surface area contributed by atoms with Gasteiger partial charge < -0.3 is 5.73 Å². The molecular weight excluding hydrogens is 182 g/mol. The maximum absolute atomic E-state index is 6.03. The third-order valence-corrected chi connectivity index (χ3v) is 4.03. The van der Waals surface area contributed by atoms with Crippen molar-refractivity contribution in [2.24, 2.45) is 11.8 Å². The highest BCUT2D eigenvalue weighted by atomic mass is 14.6. The third kappa shape index (κ3) is 2.17. The van der Waals surface area contributed by atoms with Crippen LogP contribution in [-0.4, -0.2) is 0 Å². The fourth-order valence-electron chi connectivity index (χ4n) is 2.71. The molecule has 1 aromatic rings. The highest BCUT2D eigenvalue weighted by Crippen LogP contribution is 2.40. The maximum atomic E-state index is 6.03. The topological polar surface area (TPSA) is 26.0 Å². The Morgan fingerprint density at radius 1 is 1.07 bits per heavy atom. The Labute approximate surface area is 92.7 Å². The van der Waals surface area contributed by atoms with Gasteiger partial charge in [-0.15, -0.1) is 0 Å². The highest BCUT2D eigenvalue weighted by Gasteiger charge is 2.26. The minimum Gasteiger partial charge on any atom is -0.398 e. The van der Waals surface area contributed by atoms with Crippen molar-refractivity contribution in [3.63, 3.8) is 0 Å². The lowest BCUT2D eigenvalue weighted by Gasteiger charge is -2.32. The van der Waals surface area contributed by atoms with Gasteiger partial charge in [0.25, 0.3) is 0 Å². The van der Waals surface area contributed by atoms with Crippen LogP contribution in [0.2, 0.25) is 0 Å². The van der Waals surface area contributed by atoms with Gasteiger partial charge in [0.1, 0.15) is 0 Å². The molecule has 0 amide bonds. The smallest absolute Gasteiger partial charge is 0.0349 e. The van der Waals surface area contributed by atoms with E-state index in [9.17, 15) is 0 Å². The molecule has 1 aliphatic rings. The second kappa shape index (κ2) is 4.26. The SMILES string of the molecule is C[C@@H]1CC[C@H](c2ccccc2N)C[C@@H]1C. The van der Waals surface area contributed by atoms with Gasteiger partial charge in [-0.25, -0.2) is 0 Å². The van der Waals surface area contributed by atoms with E-state index in [2.05, 4.69) is 26.0 Å². The first-order chi connectivity index (χ1) is 7.18. The van der Waals surface area contributed by atoms with Crippen molar-refractivity contribution in [1.29, 1.82) is 0 Å². The van der Waals surface area contributed by atoms with Gasteiger partial charge >= 0.3 is 0 Å². The third-order valence-electron chi connectivity index (χ3n) is 4.03. The van der Waals surface area contributed by atoms with Crippen molar-refractivity contribution in [2.75, 3.05) is 5.73 Å². The first-order valence-electron chi connectivity index (χ1n) is 6.03. The lowest BCUT2D eigenvalue weighted by atomic mass is 9.73. The van der Waals surface area contributed by atoms with Crippen LogP contribution in [0.1, 0.15) is 44.6 Å². The van der Waals surface area contributed by atoms with Gasteiger partial charge in [-0.2, -0.15) is 0 Å². The zero-order valence-corrected chi connectivity index (χ0v) is 9.74. The number of anilines is 1. The minimum atomic E-state index is 0.692. The first kappa shape index (κ1) is 10.5. The largest absolute Gasteiger partial charge is 0.398 e. The van der Waals surface area contributed by atoms with Gasteiger partial charge in [0.05, 0.1) is 0 Å². The molecule has 2 rings (SSSR count). The molecule has 1 fully saturated rings. The predicted octanol–water partition coefficient (Wildman–Crippen LogP) is 3.81. The van der Waals surface area contributed by atoms with E-state index in [-0.39, 0.29) is 0 Å². The molecule has 0 unspecified atom stereocenters. The number of hydrogen-bond donors (Lipinski definition) is 1. The number of nitrogens with two attached hydrogens (primary N) is 1. The summed E-state index contributed by atoms with van der Waals surface area (Å²) in [7, 11) is 0. The summed E-state index contributed by atoms with van der Waals surface area (Å²) in [5.74, 6) is 2.41. The molecule has 3 atom stereocenters. The molecule has 1 saturated carbocycles. The molecule has 0 radical (unpaired) electrons. The van der Waals surface area contributed by atoms with E-state index in [1.807, 2.05) is 12.1 Å². The van der Waals surface area contributed by atoms with Gasteiger partial charge in [0.15, 0.2) is 0 Å². The normalized spacial score (nSPS) is 31.5. The lowest BCUT2D eigenvalue weighted by Crippen LogP contribution is -2.20. The minimum absolute atomic E-state index is 0.692. The van der Waals surface area contributed by atoms with Crippen LogP contribution in [0.3, 0.4) is 0 Å². The number of hydrogen-bond acceptors (Lipinski definition) is 1. The number of rotatable bonds is 1. The first-order valence-corrected chi connectivity index (χ1v) is 6.03. The molecule has 15 heavy (non-hydrogen) atoms. The molecule has 1 aliphatic carbocycles. The molecule has 82 valence electrons. The zero-order chi connectivity index (χ0) is 10.8. The second-order valence-corrected chi connectivity index (χ2v) is 5.09. The molecule has 0 spiro atoms. The van der Waals surface area contributed by atoms with Crippen LogP contribution >= 0.6 is 0 Å². The van der Waals surface area contributed by atoms with E-state index in [1.165, 1.54) is 24.8 Å². The van der Waals surface area contributed by atoms with Crippen LogP contribution in [0.5, 0.6) is 0 Å². The summed E-state index contributed by atoms with van der Waals surface area (Å²) in [5.41, 5.74) is 8.38. The maximum Gasteiger partial charge on any atom is 0.0349 e. The van der Waals surface area contributed by atoms with Crippen LogP contribution in [0.25, 0.3) is 0 Å². The lowest BCUT2D eigenvalue weighted by molar-refractivity contribution is 0.251. The standard InChI is InChI=1S/C14H21N/c1-10-7-8-12(9-11(10)2)13-5-3-4-6-14(13)15/h3-6,10-12H,7-9,15H2,1-2H3/t10-,11+,12+/m1/s1. The quantitative estimate of drug-likeness (QED) is 0.690. The van der Waals surface area contributed by atoms with Crippen molar-refractivity contribution >= 4 is 5.69 Å². The summed E-state index contributed by atoms with van der Waals surface area (Å²) >= 11 is 0. The average Bonchev–Trinajstić information content (AvgIpc) is 2.23. The summed E-state index contributed by atoms with van der Waals surface area (Å²) in [6, 6.07) is 8.35. The Morgan fingerprint density at radius 2 is 1.80 bits per heavy atom. The van der Waals surface area contributed by atoms with Gasteiger partial charge in [-0.3, -0.25) is 0 Å². The van der Waals surface area contributed by atoms with Crippen LogP contribution in [-0.2, 0) is 0 Å². The van der Waals surface area contributed by atoms with E-state index >= 15 is 0 Å². The molecular formula is C14H21N. The summed E-state index contributed by atoms with van der Waals surface area (Å²) in [5, 5.41) is 0. The van der Waals surface area contributed by atoms with Gasteiger partial charge in [-0.1, -0.05) is 32.0 Å². The van der Waals surface area contributed by atoms with E-state index < -0.39 is 0 Å². The Morgan fingerprint density at radius 3 is 2.47 bits per heavy atom. The van der Waals surface area contributed by atoms with Crippen molar-refractivity contribution in [2.45, 2.75) is 39.0 Å². The molecule has 1 heteroatoms. The van der Waals surface area contributed by atoms with Crippen LogP contribution in [0.4, 0.5) is 5.69 Å². The van der Waals surface area contributed by atoms with E-state index in [1.54, 1.807) is 0 Å². The van der Waals surface area contributed by atoms with Crippen molar-refractivity contribution in [1.82, 2.24) is 0 Å². The molecule has 1 nitrogen and oxygen atoms in total. The average molecular weight is 203 g/mol. The molecule has 0 bridgehead atoms. The highest BCUT2D eigenvalue weighted by molar-refractivity contribution is 5.48. The van der Waals surface area contributed by atoms with Crippen molar-refractivity contribution in [3.05, 3.63) is 29.8 Å². The molecule has 1 aromatic carbocycles. The van der Waals surface area contributed by atoms with Crippen molar-refractivity contribution < 1.29 is 0 Å². The van der Waals surface area contributed by atoms with Crippen LogP contribution < -0.4 is 5.73 Å². The van der Waals surface area contributed by atoms with Gasteiger partial charge in [0.2, 0.25) is 0 Å². The second-order valence-electron chi connectivity index (χ2n) is 5.09. The fourth-order valence-corrected chi connectivity index (χ4v) is 2.71. The van der Waals surface area contributed by atoms with Gasteiger partial charge in [0, 0.05) is 5.69 Å². The van der Waals surface area contributed by atoms with Crippen molar-refractivity contribution in [3.8, 4) is 0 Å². The monoisotopic (exact) mass is 203 g/mol. The number of benzene rings is 1. The molecule has 0 aromatic heterocycles. The predicted molar refractivity (Wildman–Crippen MR) is 65.8 cm³/mol. The van der Waals surface area contributed by atoms with Crippen LogP contribution in [0.15, 0.2) is 24.3 Å². The van der Waals surface area contributed by atoms with E-state index in [0.29, 0.717) is 5.92 Å². The molecule has 2 N–H and O–H groups in total. The summed E-state index contributed by atoms with van der Waals surface area (Å²) in [4.78, 5) is 0. The summed E-state index contributed by atoms with van der Waals surface area (Å²) < 4.78 is 0. The molecule has 0 heterocycles. The summed E-state index contributed by atoms with van der Waals surface area (Å²) in [6.45, 7) is 4.74. The molecule has 0 saturated heterocycles. The van der Waals surface area contributed by atoms with E-state index in [0.717, 1.165) is 17.5 Å². The molecule has 0 aliphatic heterocycles. The van der Waals surface area contributed by atoms with Gasteiger partial charge in [-0.05, 0) is 48.6 Å². The Hall–Kier alpha value is -0.980. The van der Waals surface area contributed by atoms with E-state index in [4.69, 9.17) is 5.73 Å². The number of nitrogen functional groups attached to an aromatic ring is 1. The fraction of sp³-hybridized carbons (Fsp3) is 0.571. The zero-order valence-electron chi connectivity index (χ0n) is 9.74.